The number of carbonyl (C=O) groups is 1. The number of benzene rings is 2. The van der Waals surface area contributed by atoms with Gasteiger partial charge in [0.15, 0.2) is 0 Å². The number of sulfonamides is 1. The number of nitro benzene ring substituents is 1. The number of aromatic nitrogens is 2. The molecule has 156 valence electrons. The minimum absolute atomic E-state index is 0.0593. The first-order valence-electron chi connectivity index (χ1n) is 8.56. The Balaban J connectivity index is 1.82. The summed E-state index contributed by atoms with van der Waals surface area (Å²) in [5.41, 5.74) is 1.09. The number of hydrogen-bond acceptors (Lipinski definition) is 8. The Morgan fingerprint density at radius 2 is 1.90 bits per heavy atom. The summed E-state index contributed by atoms with van der Waals surface area (Å²) in [4.78, 5) is 22.9. The predicted octanol–water partition coefficient (Wildman–Crippen LogP) is 2.83. The van der Waals surface area contributed by atoms with E-state index in [1.165, 1.54) is 12.1 Å². The maximum Gasteiger partial charge on any atom is 0.271 e. The van der Waals surface area contributed by atoms with Gasteiger partial charge in [-0.25, -0.2) is 8.42 Å². The van der Waals surface area contributed by atoms with E-state index < -0.39 is 27.4 Å². The van der Waals surface area contributed by atoms with Crippen molar-refractivity contribution in [3.8, 4) is 10.6 Å². The Bertz CT molecular complexity index is 1190. The number of nitrogens with zero attached hydrogens (tertiary/aromatic N) is 4. The molecule has 0 unspecified atom stereocenters. The van der Waals surface area contributed by atoms with Crippen molar-refractivity contribution in [1.82, 2.24) is 10.2 Å². The number of anilines is 2. The van der Waals surface area contributed by atoms with Crippen LogP contribution in [0.4, 0.5) is 16.5 Å². The number of non-ortho nitro benzene ring substituents is 1. The maximum atomic E-state index is 12.5. The molecule has 30 heavy (non-hydrogen) atoms. The Kier molecular flexibility index (Phi) is 6.08. The zero-order valence-corrected chi connectivity index (χ0v) is 17.6. The molecule has 0 aliphatic rings. The standard InChI is InChI=1S/C18H17N5O5S2/c1-12-8-9-14(23(25)26)10-15(12)22(30(2,27)28)11-16(24)19-18-21-20-17(29-18)13-6-4-3-5-7-13/h3-10H,11H2,1-2H3,(H,19,21,24). The quantitative estimate of drug-likeness (QED) is 0.434. The minimum Gasteiger partial charge on any atom is -0.299 e. The van der Waals surface area contributed by atoms with Crippen LogP contribution in [-0.4, -0.2) is 42.2 Å². The van der Waals surface area contributed by atoms with Crippen LogP contribution in [0.5, 0.6) is 0 Å². The number of nitro groups is 1. The Hall–Kier alpha value is -3.38. The van der Waals surface area contributed by atoms with Gasteiger partial charge in [0, 0.05) is 17.7 Å². The monoisotopic (exact) mass is 447 g/mol. The van der Waals surface area contributed by atoms with Crippen LogP contribution < -0.4 is 9.62 Å². The highest BCUT2D eigenvalue weighted by Crippen LogP contribution is 2.28. The summed E-state index contributed by atoms with van der Waals surface area (Å²) in [5.74, 6) is -0.651. The lowest BCUT2D eigenvalue weighted by atomic mass is 10.2. The molecule has 0 aliphatic heterocycles. The fourth-order valence-electron chi connectivity index (χ4n) is 2.62. The third-order valence-corrected chi connectivity index (χ3v) is 6.07. The van der Waals surface area contributed by atoms with Crippen LogP contribution in [0.2, 0.25) is 0 Å². The third-order valence-electron chi connectivity index (χ3n) is 4.05. The molecular weight excluding hydrogens is 430 g/mol. The van der Waals surface area contributed by atoms with Crippen LogP contribution in [-0.2, 0) is 14.8 Å². The third kappa shape index (κ3) is 4.96. The largest absolute Gasteiger partial charge is 0.299 e. The van der Waals surface area contributed by atoms with E-state index in [1.807, 2.05) is 30.3 Å². The fraction of sp³-hybridized carbons (Fsp3) is 0.167. The number of rotatable bonds is 7. The highest BCUT2D eigenvalue weighted by molar-refractivity contribution is 7.92. The van der Waals surface area contributed by atoms with Gasteiger partial charge >= 0.3 is 0 Å². The Morgan fingerprint density at radius 3 is 2.53 bits per heavy atom. The molecule has 1 N–H and O–H groups in total. The van der Waals surface area contributed by atoms with Crippen molar-refractivity contribution < 1.29 is 18.1 Å². The Labute approximate surface area is 176 Å². The van der Waals surface area contributed by atoms with Gasteiger partial charge in [0.05, 0.1) is 16.9 Å². The topological polar surface area (TPSA) is 135 Å². The molecule has 0 aliphatic carbocycles. The molecule has 0 spiro atoms. The van der Waals surface area contributed by atoms with Crippen molar-refractivity contribution in [2.45, 2.75) is 6.92 Å². The molecule has 0 bridgehead atoms. The summed E-state index contributed by atoms with van der Waals surface area (Å²) in [6.45, 7) is 1.03. The normalized spacial score (nSPS) is 11.1. The van der Waals surface area contributed by atoms with Crippen LogP contribution in [0.15, 0.2) is 48.5 Å². The van der Waals surface area contributed by atoms with E-state index >= 15 is 0 Å². The number of carbonyl (C=O) groups excluding carboxylic acids is 1. The van der Waals surface area contributed by atoms with Crippen molar-refractivity contribution in [2.24, 2.45) is 0 Å². The van der Waals surface area contributed by atoms with Crippen LogP contribution in [0.1, 0.15) is 5.56 Å². The molecule has 10 nitrogen and oxygen atoms in total. The molecule has 1 amide bonds. The summed E-state index contributed by atoms with van der Waals surface area (Å²) in [6, 6.07) is 13.1. The molecule has 1 heterocycles. The first-order valence-corrected chi connectivity index (χ1v) is 11.2. The molecule has 3 rings (SSSR count). The van der Waals surface area contributed by atoms with Gasteiger partial charge in [-0.05, 0) is 12.5 Å². The minimum atomic E-state index is -3.89. The summed E-state index contributed by atoms with van der Waals surface area (Å²) in [6.07, 6.45) is 0.928. The fourth-order valence-corrected chi connectivity index (χ4v) is 4.29. The highest BCUT2D eigenvalue weighted by Gasteiger charge is 2.25. The first kappa shape index (κ1) is 21.3. The lowest BCUT2D eigenvalue weighted by Gasteiger charge is -2.23. The van der Waals surface area contributed by atoms with E-state index in [0.717, 1.165) is 33.5 Å². The maximum absolute atomic E-state index is 12.5. The summed E-state index contributed by atoms with van der Waals surface area (Å²) in [5, 5.41) is 22.3. The van der Waals surface area contributed by atoms with Gasteiger partial charge in [-0.2, -0.15) is 0 Å². The van der Waals surface area contributed by atoms with Crippen molar-refractivity contribution in [3.63, 3.8) is 0 Å². The lowest BCUT2D eigenvalue weighted by Crippen LogP contribution is -2.37. The van der Waals surface area contributed by atoms with E-state index in [4.69, 9.17) is 0 Å². The van der Waals surface area contributed by atoms with Crippen molar-refractivity contribution in [3.05, 3.63) is 64.2 Å². The number of aryl methyl sites for hydroxylation is 1. The molecule has 3 aromatic rings. The van der Waals surface area contributed by atoms with Gasteiger partial charge in [-0.15, -0.1) is 10.2 Å². The van der Waals surface area contributed by atoms with Crippen LogP contribution in [0.25, 0.3) is 10.6 Å². The second-order valence-electron chi connectivity index (χ2n) is 6.32. The van der Waals surface area contributed by atoms with Gasteiger partial charge in [0.2, 0.25) is 21.1 Å². The van der Waals surface area contributed by atoms with E-state index in [9.17, 15) is 23.3 Å². The summed E-state index contributed by atoms with van der Waals surface area (Å²) >= 11 is 1.14. The van der Waals surface area contributed by atoms with Gasteiger partial charge in [0.25, 0.3) is 5.69 Å². The molecule has 1 aromatic heterocycles. The van der Waals surface area contributed by atoms with Crippen LogP contribution in [0.3, 0.4) is 0 Å². The lowest BCUT2D eigenvalue weighted by molar-refractivity contribution is -0.384. The number of nitrogens with one attached hydrogen (secondary N) is 1. The van der Waals surface area contributed by atoms with Crippen LogP contribution in [0, 0.1) is 17.0 Å². The van der Waals surface area contributed by atoms with E-state index in [0.29, 0.717) is 10.6 Å². The molecular formula is C18H17N5O5S2. The molecule has 2 aromatic carbocycles. The second-order valence-corrected chi connectivity index (χ2v) is 9.21. The summed E-state index contributed by atoms with van der Waals surface area (Å²) in [7, 11) is -3.89. The van der Waals surface area contributed by atoms with Crippen LogP contribution >= 0.6 is 11.3 Å². The van der Waals surface area contributed by atoms with Gasteiger partial charge in [0.1, 0.15) is 11.6 Å². The van der Waals surface area contributed by atoms with E-state index in [2.05, 4.69) is 15.5 Å². The van der Waals surface area contributed by atoms with Gasteiger partial charge in [-0.3, -0.25) is 24.5 Å². The molecule has 0 saturated carbocycles. The molecule has 0 atom stereocenters. The second kappa shape index (κ2) is 8.55. The Morgan fingerprint density at radius 1 is 1.20 bits per heavy atom. The molecule has 0 saturated heterocycles. The van der Waals surface area contributed by atoms with E-state index in [1.54, 1.807) is 6.92 Å². The average molecular weight is 447 g/mol. The molecule has 12 heteroatoms. The van der Waals surface area contributed by atoms with Crippen molar-refractivity contribution in [2.75, 3.05) is 22.4 Å². The number of amides is 1. The number of hydrogen-bond donors (Lipinski definition) is 1. The zero-order valence-electron chi connectivity index (χ0n) is 16.0. The summed E-state index contributed by atoms with van der Waals surface area (Å²) < 4.78 is 25.4. The smallest absolute Gasteiger partial charge is 0.271 e. The predicted molar refractivity (Wildman–Crippen MR) is 114 cm³/mol. The van der Waals surface area contributed by atoms with Crippen molar-refractivity contribution in [1.29, 1.82) is 0 Å². The molecule has 0 fully saturated rings. The first-order chi connectivity index (χ1) is 14.1. The zero-order chi connectivity index (χ0) is 21.9. The highest BCUT2D eigenvalue weighted by atomic mass is 32.2. The van der Waals surface area contributed by atoms with Gasteiger partial charge < -0.3 is 0 Å². The van der Waals surface area contributed by atoms with E-state index in [-0.39, 0.29) is 16.5 Å². The average Bonchev–Trinajstić information content (AvgIpc) is 3.15. The van der Waals surface area contributed by atoms with Gasteiger partial charge in [-0.1, -0.05) is 47.7 Å². The molecule has 0 radical (unpaired) electrons. The SMILES string of the molecule is Cc1ccc([N+](=O)[O-])cc1N(CC(=O)Nc1nnc(-c2ccccc2)s1)S(C)(=O)=O. The van der Waals surface area contributed by atoms with Crippen molar-refractivity contribution >= 4 is 43.8 Å².